The minimum Gasteiger partial charge on any atom is -0.462 e. The van der Waals surface area contributed by atoms with Crippen LogP contribution in [0.1, 0.15) is 355 Å². The Bertz CT molecular complexity index is 1450. The third-order valence-corrected chi connectivity index (χ3v) is 15.2. The van der Waals surface area contributed by atoms with Gasteiger partial charge < -0.3 is 14.2 Å². The van der Waals surface area contributed by atoms with Crippen LogP contribution in [0.3, 0.4) is 0 Å². The zero-order valence-electron chi connectivity index (χ0n) is 52.6. The summed E-state index contributed by atoms with van der Waals surface area (Å²) in [5.41, 5.74) is 0. The molecular weight excluding hydrogens is 973 g/mol. The molecule has 0 aromatic carbocycles. The Balaban J connectivity index is 4.08. The molecule has 0 rings (SSSR count). The van der Waals surface area contributed by atoms with Gasteiger partial charge in [-0.3, -0.25) is 14.4 Å². The highest BCUT2D eigenvalue weighted by atomic mass is 16.6. The minimum absolute atomic E-state index is 0.0721. The van der Waals surface area contributed by atoms with E-state index in [0.29, 0.717) is 19.3 Å². The van der Waals surface area contributed by atoms with E-state index in [1.165, 1.54) is 218 Å². The Labute approximate surface area is 491 Å². The highest BCUT2D eigenvalue weighted by molar-refractivity contribution is 5.71. The van der Waals surface area contributed by atoms with Crippen LogP contribution in [-0.4, -0.2) is 37.2 Å². The first-order valence-corrected chi connectivity index (χ1v) is 34.4. The van der Waals surface area contributed by atoms with Gasteiger partial charge in [-0.05, 0) is 70.6 Å². The molecule has 0 fully saturated rings. The zero-order valence-corrected chi connectivity index (χ0v) is 52.6. The number of esters is 3. The molecule has 0 radical (unpaired) electrons. The Morgan fingerprint density at radius 1 is 0.266 bits per heavy atom. The van der Waals surface area contributed by atoms with Gasteiger partial charge in [-0.25, -0.2) is 0 Å². The Morgan fingerprint density at radius 2 is 0.494 bits per heavy atom. The molecule has 1 atom stereocenters. The first kappa shape index (κ1) is 75.8. The maximum absolute atomic E-state index is 12.9. The molecule has 0 N–H and O–H groups in total. The van der Waals surface area contributed by atoms with Crippen LogP contribution in [0.5, 0.6) is 0 Å². The first-order valence-electron chi connectivity index (χ1n) is 34.4. The van der Waals surface area contributed by atoms with Crippen molar-refractivity contribution < 1.29 is 28.6 Å². The molecule has 0 bridgehead atoms. The van der Waals surface area contributed by atoms with E-state index in [4.69, 9.17) is 14.2 Å². The van der Waals surface area contributed by atoms with Crippen molar-refractivity contribution in [2.24, 2.45) is 0 Å². The van der Waals surface area contributed by atoms with E-state index in [0.717, 1.165) is 96.3 Å². The zero-order chi connectivity index (χ0) is 57.1. The average molecular weight is 1100 g/mol. The van der Waals surface area contributed by atoms with Crippen molar-refractivity contribution in [1.29, 1.82) is 0 Å². The van der Waals surface area contributed by atoms with E-state index in [1.54, 1.807) is 0 Å². The van der Waals surface area contributed by atoms with E-state index in [2.05, 4.69) is 93.7 Å². The number of ether oxygens (including phenoxy) is 3. The van der Waals surface area contributed by atoms with Crippen molar-refractivity contribution in [1.82, 2.24) is 0 Å². The maximum Gasteiger partial charge on any atom is 0.306 e. The van der Waals surface area contributed by atoms with Crippen LogP contribution in [0.2, 0.25) is 0 Å². The third-order valence-electron chi connectivity index (χ3n) is 15.2. The summed E-state index contributed by atoms with van der Waals surface area (Å²) >= 11 is 0. The molecule has 6 heteroatoms. The lowest BCUT2D eigenvalue weighted by Gasteiger charge is -2.18. The Morgan fingerprint density at radius 3 is 0.772 bits per heavy atom. The van der Waals surface area contributed by atoms with E-state index in [1.807, 2.05) is 0 Å². The molecule has 0 heterocycles. The maximum atomic E-state index is 12.9. The summed E-state index contributed by atoms with van der Waals surface area (Å²) in [5, 5.41) is 0. The van der Waals surface area contributed by atoms with Gasteiger partial charge in [-0.1, -0.05) is 338 Å². The molecule has 458 valence electrons. The summed E-state index contributed by atoms with van der Waals surface area (Å²) in [6.07, 6.45) is 88.1. The van der Waals surface area contributed by atoms with Crippen LogP contribution in [-0.2, 0) is 28.6 Å². The lowest BCUT2D eigenvalue weighted by molar-refractivity contribution is -0.167. The molecule has 0 amide bonds. The predicted octanol–water partition coefficient (Wildman–Crippen LogP) is 23.7. The van der Waals surface area contributed by atoms with Gasteiger partial charge in [-0.15, -0.1) is 0 Å². The van der Waals surface area contributed by atoms with E-state index in [-0.39, 0.29) is 31.1 Å². The fourth-order valence-electron chi connectivity index (χ4n) is 10.1. The quantitative estimate of drug-likeness (QED) is 0.0261. The van der Waals surface area contributed by atoms with Gasteiger partial charge in [0, 0.05) is 19.3 Å². The number of rotatable bonds is 63. The van der Waals surface area contributed by atoms with Gasteiger partial charge in [0.1, 0.15) is 13.2 Å². The number of unbranched alkanes of at least 4 members (excludes halogenated alkanes) is 40. The molecule has 79 heavy (non-hydrogen) atoms. The molecular formula is C73H130O6. The summed E-state index contributed by atoms with van der Waals surface area (Å²) in [6.45, 7) is 6.53. The van der Waals surface area contributed by atoms with Crippen LogP contribution in [0.4, 0.5) is 0 Å². The number of carbonyl (C=O) groups excluding carboxylic acids is 3. The fraction of sp³-hybridized carbons (Fsp3) is 0.795. The lowest BCUT2D eigenvalue weighted by Crippen LogP contribution is -2.30. The summed E-state index contributed by atoms with van der Waals surface area (Å²) in [7, 11) is 0. The molecule has 0 aromatic rings. The van der Waals surface area contributed by atoms with Crippen molar-refractivity contribution in [3.05, 3.63) is 72.9 Å². The SMILES string of the molecule is CC/C=C\C/C=C\C/C=C\C/C=C\C/C=C\C/C=C\CCCCCCCCCCCCC(=O)OCC(COC(=O)CCCCCCCCC)OC(=O)CCCCCCCCCCCCCCCCCCCCCCCCCCC. The summed E-state index contributed by atoms with van der Waals surface area (Å²) < 4.78 is 16.9. The molecule has 0 spiro atoms. The van der Waals surface area contributed by atoms with Gasteiger partial charge in [-0.2, -0.15) is 0 Å². The van der Waals surface area contributed by atoms with Gasteiger partial charge in [0.2, 0.25) is 0 Å². The highest BCUT2D eigenvalue weighted by Crippen LogP contribution is 2.18. The van der Waals surface area contributed by atoms with Crippen LogP contribution in [0, 0.1) is 0 Å². The van der Waals surface area contributed by atoms with Crippen molar-refractivity contribution in [3.8, 4) is 0 Å². The van der Waals surface area contributed by atoms with Gasteiger partial charge in [0.25, 0.3) is 0 Å². The Hall–Kier alpha value is -3.15. The third kappa shape index (κ3) is 65.5. The van der Waals surface area contributed by atoms with Crippen LogP contribution < -0.4 is 0 Å². The highest BCUT2D eigenvalue weighted by Gasteiger charge is 2.19. The molecule has 0 aromatic heterocycles. The van der Waals surface area contributed by atoms with E-state index in [9.17, 15) is 14.4 Å². The Kier molecular flexibility index (Phi) is 64.7. The number of allylic oxidation sites excluding steroid dienone is 12. The molecule has 6 nitrogen and oxygen atoms in total. The number of carbonyl (C=O) groups is 3. The normalized spacial score (nSPS) is 12.5. The second kappa shape index (κ2) is 67.4. The average Bonchev–Trinajstić information content (AvgIpc) is 3.45. The van der Waals surface area contributed by atoms with Crippen LogP contribution >= 0.6 is 0 Å². The minimum atomic E-state index is -0.773. The second-order valence-corrected chi connectivity index (χ2v) is 23.1. The topological polar surface area (TPSA) is 78.9 Å². The van der Waals surface area contributed by atoms with Gasteiger partial charge in [0.15, 0.2) is 6.10 Å². The molecule has 0 saturated carbocycles. The molecule has 0 saturated heterocycles. The van der Waals surface area contributed by atoms with Crippen molar-refractivity contribution in [2.45, 2.75) is 361 Å². The van der Waals surface area contributed by atoms with Crippen LogP contribution in [0.25, 0.3) is 0 Å². The molecule has 1 unspecified atom stereocenters. The summed E-state index contributed by atoms with van der Waals surface area (Å²) in [6, 6.07) is 0. The van der Waals surface area contributed by atoms with E-state index < -0.39 is 6.10 Å². The predicted molar refractivity (Wildman–Crippen MR) is 344 cm³/mol. The molecule has 0 aliphatic heterocycles. The van der Waals surface area contributed by atoms with Gasteiger partial charge in [0.05, 0.1) is 0 Å². The fourth-order valence-corrected chi connectivity index (χ4v) is 10.1. The molecule has 0 aliphatic rings. The van der Waals surface area contributed by atoms with Gasteiger partial charge >= 0.3 is 17.9 Å². The smallest absolute Gasteiger partial charge is 0.306 e. The number of hydrogen-bond donors (Lipinski definition) is 0. The van der Waals surface area contributed by atoms with Crippen molar-refractivity contribution in [2.75, 3.05) is 13.2 Å². The largest absolute Gasteiger partial charge is 0.462 e. The van der Waals surface area contributed by atoms with Crippen LogP contribution in [0.15, 0.2) is 72.9 Å². The summed E-state index contributed by atoms with van der Waals surface area (Å²) in [4.78, 5) is 38.2. The number of hydrogen-bond acceptors (Lipinski definition) is 6. The summed E-state index contributed by atoms with van der Waals surface area (Å²) in [5.74, 6) is -0.864. The molecule has 0 aliphatic carbocycles. The second-order valence-electron chi connectivity index (χ2n) is 23.1. The lowest BCUT2D eigenvalue weighted by atomic mass is 10.0. The van der Waals surface area contributed by atoms with Crippen molar-refractivity contribution in [3.63, 3.8) is 0 Å². The first-order chi connectivity index (χ1) is 39.0. The van der Waals surface area contributed by atoms with Crippen molar-refractivity contribution >= 4 is 17.9 Å². The van der Waals surface area contributed by atoms with E-state index >= 15 is 0 Å². The standard InChI is InChI=1S/C73H130O6/c1-4-7-10-13-16-18-20-22-24-26-28-30-32-34-35-36-37-39-40-42-44-46-48-50-52-54-57-60-63-66-72(75)78-69-70(68-77-71(74)65-62-59-56-15-12-9-6-3)79-73(76)67-64-61-58-55-53-51-49-47-45-43-41-38-33-31-29-27-25-23-21-19-17-14-11-8-5-2/h7,10,16,18,22,24,28,30,34-35,37,39,70H,4-6,8-9,11-15,17,19-21,23,25-27,29,31-33,36,38,40-69H2,1-3H3/b10-7-,18-16-,24-22-,30-28-,35-34-,39-37-. The monoisotopic (exact) mass is 1100 g/mol.